The van der Waals surface area contributed by atoms with Crippen molar-refractivity contribution in [1.82, 2.24) is 0 Å². The number of rotatable bonds is 5. The molecule has 1 aromatic rings. The van der Waals surface area contributed by atoms with E-state index in [1.165, 1.54) is 0 Å². The van der Waals surface area contributed by atoms with E-state index in [0.717, 1.165) is 24.9 Å². The van der Waals surface area contributed by atoms with E-state index in [4.69, 9.17) is 22.0 Å². The third kappa shape index (κ3) is 3.18. The van der Waals surface area contributed by atoms with Crippen LogP contribution in [0.5, 0.6) is 0 Å². The fourth-order valence-electron chi connectivity index (χ4n) is 2.42. The van der Waals surface area contributed by atoms with Gasteiger partial charge in [0.25, 0.3) is 0 Å². The van der Waals surface area contributed by atoms with Crippen molar-refractivity contribution in [2.24, 2.45) is 5.41 Å². The van der Waals surface area contributed by atoms with E-state index in [1.807, 2.05) is 6.07 Å². The largest absolute Gasteiger partial charge is 0.481 e. The van der Waals surface area contributed by atoms with Crippen molar-refractivity contribution < 1.29 is 9.90 Å². The van der Waals surface area contributed by atoms with E-state index in [9.17, 15) is 4.79 Å². The van der Waals surface area contributed by atoms with Gasteiger partial charge in [0.05, 0.1) is 17.0 Å². The lowest BCUT2D eigenvalue weighted by molar-refractivity contribution is -0.141. The molecule has 0 radical (unpaired) electrons. The van der Waals surface area contributed by atoms with Gasteiger partial charge < -0.3 is 10.4 Å². The molecule has 0 heterocycles. The smallest absolute Gasteiger partial charge is 0.303 e. The highest BCUT2D eigenvalue weighted by Crippen LogP contribution is 2.44. The van der Waals surface area contributed by atoms with Gasteiger partial charge in [-0.2, -0.15) is 5.26 Å². The molecule has 2 rings (SSSR count). The maximum absolute atomic E-state index is 10.9. The molecule has 0 saturated heterocycles. The van der Waals surface area contributed by atoms with E-state index >= 15 is 0 Å². The molecule has 0 aliphatic heterocycles. The van der Waals surface area contributed by atoms with Gasteiger partial charge in [-0.1, -0.05) is 18.0 Å². The summed E-state index contributed by atoms with van der Waals surface area (Å²) >= 11 is 5.96. The van der Waals surface area contributed by atoms with Crippen molar-refractivity contribution in [2.45, 2.75) is 25.7 Å². The number of benzene rings is 1. The number of aliphatic carboxylic acids is 1. The first-order valence-electron chi connectivity index (χ1n) is 6.20. The van der Waals surface area contributed by atoms with Gasteiger partial charge in [0.2, 0.25) is 0 Å². The molecule has 100 valence electrons. The second-order valence-corrected chi connectivity index (χ2v) is 5.49. The van der Waals surface area contributed by atoms with E-state index in [1.54, 1.807) is 18.2 Å². The third-order valence-corrected chi connectivity index (χ3v) is 4.01. The maximum atomic E-state index is 10.9. The lowest BCUT2D eigenvalue weighted by Crippen LogP contribution is -2.38. The van der Waals surface area contributed by atoms with Crippen LogP contribution in [0.15, 0.2) is 18.2 Å². The van der Waals surface area contributed by atoms with Gasteiger partial charge in [0.15, 0.2) is 0 Å². The number of halogens is 1. The predicted octanol–water partition coefficient (Wildman–Crippen LogP) is 3.27. The first-order valence-corrected chi connectivity index (χ1v) is 6.58. The highest BCUT2D eigenvalue weighted by molar-refractivity contribution is 6.32. The molecule has 1 fully saturated rings. The van der Waals surface area contributed by atoms with Gasteiger partial charge in [-0.05, 0) is 36.5 Å². The Morgan fingerprint density at radius 3 is 2.74 bits per heavy atom. The van der Waals surface area contributed by atoms with Gasteiger partial charge >= 0.3 is 5.97 Å². The summed E-state index contributed by atoms with van der Waals surface area (Å²) < 4.78 is 0. The van der Waals surface area contributed by atoms with Crippen LogP contribution in [0, 0.1) is 16.7 Å². The second kappa shape index (κ2) is 5.50. The quantitative estimate of drug-likeness (QED) is 0.867. The highest BCUT2D eigenvalue weighted by atomic mass is 35.5. The topological polar surface area (TPSA) is 73.1 Å². The van der Waals surface area contributed by atoms with Crippen molar-refractivity contribution >= 4 is 23.3 Å². The highest BCUT2D eigenvalue weighted by Gasteiger charge is 2.38. The van der Waals surface area contributed by atoms with Gasteiger partial charge in [-0.3, -0.25) is 4.79 Å². The SMILES string of the molecule is N#Cc1ccc(NCC2(CC(=O)O)CCC2)cc1Cl. The average molecular weight is 279 g/mol. The van der Waals surface area contributed by atoms with Crippen LogP contribution in [0.2, 0.25) is 5.02 Å². The Balaban J connectivity index is 2.00. The fourth-order valence-corrected chi connectivity index (χ4v) is 2.64. The number of nitrogens with zero attached hydrogens (tertiary/aromatic N) is 1. The number of carboxylic acids is 1. The number of carboxylic acid groups (broad SMARTS) is 1. The zero-order chi connectivity index (χ0) is 13.9. The molecule has 2 N–H and O–H groups in total. The van der Waals surface area contributed by atoms with Crippen molar-refractivity contribution in [2.75, 3.05) is 11.9 Å². The van der Waals surface area contributed by atoms with Crippen LogP contribution in [-0.4, -0.2) is 17.6 Å². The zero-order valence-electron chi connectivity index (χ0n) is 10.4. The molecule has 0 unspecified atom stereocenters. The minimum atomic E-state index is -0.751. The molecule has 1 aromatic carbocycles. The van der Waals surface area contributed by atoms with Gasteiger partial charge in [-0.15, -0.1) is 0 Å². The number of hydrogen-bond donors (Lipinski definition) is 2. The predicted molar refractivity (Wildman–Crippen MR) is 73.2 cm³/mol. The summed E-state index contributed by atoms with van der Waals surface area (Å²) in [5, 5.41) is 21.4. The Kier molecular flexibility index (Phi) is 3.96. The summed E-state index contributed by atoms with van der Waals surface area (Å²) in [6.07, 6.45) is 3.17. The van der Waals surface area contributed by atoms with Crippen LogP contribution in [0.25, 0.3) is 0 Å². The third-order valence-electron chi connectivity index (χ3n) is 3.70. The Bertz CT molecular complexity index is 533. The summed E-state index contributed by atoms with van der Waals surface area (Å²) in [5.74, 6) is -0.751. The van der Waals surface area contributed by atoms with Crippen molar-refractivity contribution in [3.8, 4) is 6.07 Å². The van der Waals surface area contributed by atoms with Crippen LogP contribution in [-0.2, 0) is 4.79 Å². The lowest BCUT2D eigenvalue weighted by Gasteiger charge is -2.41. The van der Waals surface area contributed by atoms with Crippen LogP contribution in [0.1, 0.15) is 31.2 Å². The number of carbonyl (C=O) groups is 1. The summed E-state index contributed by atoms with van der Waals surface area (Å²) in [5.41, 5.74) is 1.13. The maximum Gasteiger partial charge on any atom is 0.303 e. The minimum absolute atomic E-state index is 0.133. The standard InChI is InChI=1S/C14H15ClN2O2/c15-12-6-11(3-2-10(12)8-16)17-9-14(4-1-5-14)7-13(18)19/h2-3,6,17H,1,4-5,7,9H2,(H,18,19). The molecule has 19 heavy (non-hydrogen) atoms. The Morgan fingerprint density at radius 2 is 2.26 bits per heavy atom. The summed E-state index contributed by atoms with van der Waals surface area (Å²) in [6.45, 7) is 0.627. The van der Waals surface area contributed by atoms with Crippen molar-refractivity contribution in [3.63, 3.8) is 0 Å². The minimum Gasteiger partial charge on any atom is -0.481 e. The number of nitrogens with one attached hydrogen (secondary N) is 1. The van der Waals surface area contributed by atoms with Crippen LogP contribution >= 0.6 is 11.6 Å². The van der Waals surface area contributed by atoms with Crippen molar-refractivity contribution in [3.05, 3.63) is 28.8 Å². The van der Waals surface area contributed by atoms with Crippen molar-refractivity contribution in [1.29, 1.82) is 5.26 Å². The monoisotopic (exact) mass is 278 g/mol. The zero-order valence-corrected chi connectivity index (χ0v) is 11.2. The first-order chi connectivity index (χ1) is 9.04. The molecule has 4 nitrogen and oxygen atoms in total. The van der Waals surface area contributed by atoms with E-state index in [2.05, 4.69) is 5.32 Å². The fraction of sp³-hybridized carbons (Fsp3) is 0.429. The second-order valence-electron chi connectivity index (χ2n) is 5.08. The van der Waals surface area contributed by atoms with Crippen LogP contribution in [0.4, 0.5) is 5.69 Å². The van der Waals surface area contributed by atoms with Crippen LogP contribution in [0.3, 0.4) is 0 Å². The van der Waals surface area contributed by atoms with E-state index < -0.39 is 5.97 Å². The molecule has 0 aromatic heterocycles. The number of nitriles is 1. The average Bonchev–Trinajstić information content (AvgIpc) is 2.32. The van der Waals surface area contributed by atoms with E-state index in [0.29, 0.717) is 17.1 Å². The molecule has 0 atom stereocenters. The molecule has 0 amide bonds. The van der Waals surface area contributed by atoms with E-state index in [-0.39, 0.29) is 11.8 Å². The Morgan fingerprint density at radius 1 is 1.53 bits per heavy atom. The number of hydrogen-bond acceptors (Lipinski definition) is 3. The summed E-state index contributed by atoms with van der Waals surface area (Å²) in [7, 11) is 0. The van der Waals surface area contributed by atoms with Gasteiger partial charge in [-0.25, -0.2) is 0 Å². The first kappa shape index (κ1) is 13.7. The van der Waals surface area contributed by atoms with Crippen LogP contribution < -0.4 is 5.32 Å². The molecule has 5 heteroatoms. The van der Waals surface area contributed by atoms with Gasteiger partial charge in [0, 0.05) is 12.2 Å². The summed E-state index contributed by atoms with van der Waals surface area (Å²) in [6, 6.07) is 7.16. The van der Waals surface area contributed by atoms with Gasteiger partial charge in [0.1, 0.15) is 6.07 Å². The molecule has 1 saturated carbocycles. The lowest BCUT2D eigenvalue weighted by atomic mass is 9.66. The molecule has 1 aliphatic carbocycles. The Hall–Kier alpha value is -1.73. The normalized spacial score (nSPS) is 16.2. The number of anilines is 1. The molecule has 0 bridgehead atoms. The molecular formula is C14H15ClN2O2. The molecule has 0 spiro atoms. The Labute approximate surface area is 117 Å². The summed E-state index contributed by atoms with van der Waals surface area (Å²) in [4.78, 5) is 10.9. The molecule has 1 aliphatic rings. The molecular weight excluding hydrogens is 264 g/mol.